The van der Waals surface area contributed by atoms with Crippen LogP contribution >= 0.6 is 0 Å². The fourth-order valence-corrected chi connectivity index (χ4v) is 2.56. The van der Waals surface area contributed by atoms with Gasteiger partial charge in [0, 0.05) is 29.7 Å². The van der Waals surface area contributed by atoms with Gasteiger partial charge >= 0.3 is 0 Å². The van der Waals surface area contributed by atoms with E-state index in [0.29, 0.717) is 17.4 Å². The van der Waals surface area contributed by atoms with E-state index in [4.69, 9.17) is 4.52 Å². The second kappa shape index (κ2) is 6.60. The highest BCUT2D eigenvalue weighted by Gasteiger charge is 2.22. The summed E-state index contributed by atoms with van der Waals surface area (Å²) in [5.41, 5.74) is 2.37. The van der Waals surface area contributed by atoms with Crippen LogP contribution < -0.4 is 5.32 Å². The Kier molecular flexibility index (Phi) is 4.00. The van der Waals surface area contributed by atoms with Crippen molar-refractivity contribution in [2.45, 2.75) is 18.9 Å². The van der Waals surface area contributed by atoms with Gasteiger partial charge in [0.15, 0.2) is 0 Å². The van der Waals surface area contributed by atoms with Crippen molar-refractivity contribution in [1.29, 1.82) is 0 Å². The first kappa shape index (κ1) is 14.5. The summed E-state index contributed by atoms with van der Waals surface area (Å²) in [4.78, 5) is 12.9. The van der Waals surface area contributed by atoms with E-state index in [2.05, 4.69) is 37.3 Å². The van der Waals surface area contributed by atoms with Crippen molar-refractivity contribution in [1.82, 2.24) is 25.4 Å². The number of hydrogen-bond donors (Lipinski definition) is 1. The van der Waals surface area contributed by atoms with E-state index in [1.807, 2.05) is 24.3 Å². The molecule has 0 bridgehead atoms. The minimum atomic E-state index is 0.163. The highest BCUT2D eigenvalue weighted by molar-refractivity contribution is 5.50. The lowest BCUT2D eigenvalue weighted by molar-refractivity contribution is 0.345. The van der Waals surface area contributed by atoms with Gasteiger partial charge in [0.05, 0.1) is 6.04 Å². The first-order chi connectivity index (χ1) is 11.9. The van der Waals surface area contributed by atoms with Gasteiger partial charge in [-0.15, -0.1) is 0 Å². The molecule has 3 aromatic heterocycles. The Morgan fingerprint density at radius 1 is 1.12 bits per heavy atom. The summed E-state index contributed by atoms with van der Waals surface area (Å²) in [5, 5.41) is 7.36. The summed E-state index contributed by atoms with van der Waals surface area (Å²) >= 11 is 0. The average molecular weight is 317 g/mol. The molecule has 0 saturated carbocycles. The number of nitrogens with one attached hydrogen (secondary N) is 1. The maximum Gasteiger partial charge on any atom is 0.244 e. The Hall–Kier alpha value is -3.04. The van der Waals surface area contributed by atoms with Crippen molar-refractivity contribution in [2.24, 2.45) is 0 Å². The standard InChI is InChI=1S/C18H15N5O/c1-3-13(11-19-9-1)5-6-14-7-8-15(21-12-14)17-22-18(24-23-17)16-4-2-10-20-16/h1,3,7-9,11-12,16,20H,2,4,10H2. The lowest BCUT2D eigenvalue weighted by Gasteiger charge is -2.01. The molecule has 0 amide bonds. The molecule has 1 saturated heterocycles. The summed E-state index contributed by atoms with van der Waals surface area (Å²) in [5.74, 6) is 7.25. The summed E-state index contributed by atoms with van der Waals surface area (Å²) in [7, 11) is 0. The molecule has 4 rings (SSSR count). The third kappa shape index (κ3) is 3.16. The van der Waals surface area contributed by atoms with Gasteiger partial charge in [0.2, 0.25) is 11.7 Å². The second-order valence-electron chi connectivity index (χ2n) is 5.53. The third-order valence-corrected chi connectivity index (χ3v) is 3.81. The zero-order valence-electron chi connectivity index (χ0n) is 12.9. The zero-order chi connectivity index (χ0) is 16.2. The zero-order valence-corrected chi connectivity index (χ0v) is 12.9. The molecule has 0 radical (unpaired) electrons. The first-order valence-corrected chi connectivity index (χ1v) is 7.84. The molecular weight excluding hydrogens is 302 g/mol. The number of aromatic nitrogens is 4. The van der Waals surface area contributed by atoms with Crippen LogP contribution in [-0.4, -0.2) is 26.7 Å². The highest BCUT2D eigenvalue weighted by Crippen LogP contribution is 2.23. The smallest absolute Gasteiger partial charge is 0.244 e. The molecule has 6 heteroatoms. The molecule has 0 aromatic carbocycles. The van der Waals surface area contributed by atoms with Crippen molar-refractivity contribution in [3.8, 4) is 23.4 Å². The Bertz CT molecular complexity index is 871. The van der Waals surface area contributed by atoms with Gasteiger partial charge in [-0.3, -0.25) is 9.97 Å². The van der Waals surface area contributed by atoms with Crippen LogP contribution in [0.3, 0.4) is 0 Å². The lowest BCUT2D eigenvalue weighted by Crippen LogP contribution is -2.12. The molecule has 1 aliphatic heterocycles. The molecule has 24 heavy (non-hydrogen) atoms. The highest BCUT2D eigenvalue weighted by atomic mass is 16.5. The van der Waals surface area contributed by atoms with Gasteiger partial charge < -0.3 is 9.84 Å². The van der Waals surface area contributed by atoms with Crippen molar-refractivity contribution in [3.63, 3.8) is 0 Å². The van der Waals surface area contributed by atoms with Crippen molar-refractivity contribution in [2.75, 3.05) is 6.54 Å². The molecule has 6 nitrogen and oxygen atoms in total. The number of hydrogen-bond acceptors (Lipinski definition) is 6. The van der Waals surface area contributed by atoms with E-state index in [1.165, 1.54) is 0 Å². The second-order valence-corrected chi connectivity index (χ2v) is 5.53. The Balaban J connectivity index is 1.51. The molecule has 1 aliphatic rings. The lowest BCUT2D eigenvalue weighted by atomic mass is 10.2. The molecule has 1 unspecified atom stereocenters. The quantitative estimate of drug-likeness (QED) is 0.731. The molecule has 0 spiro atoms. The van der Waals surface area contributed by atoms with E-state index in [-0.39, 0.29) is 6.04 Å². The monoisotopic (exact) mass is 317 g/mol. The van der Waals surface area contributed by atoms with Gasteiger partial charge in [-0.2, -0.15) is 4.98 Å². The SMILES string of the molecule is C(#Cc1ccc(-c2noc(C3CCCN3)n2)nc1)c1cccnc1. The van der Waals surface area contributed by atoms with Crippen LogP contribution in [0.2, 0.25) is 0 Å². The predicted octanol–water partition coefficient (Wildman–Crippen LogP) is 2.35. The summed E-state index contributed by atoms with van der Waals surface area (Å²) in [6.07, 6.45) is 7.32. The molecule has 1 N–H and O–H groups in total. The Morgan fingerprint density at radius 2 is 2.04 bits per heavy atom. The minimum absolute atomic E-state index is 0.163. The molecule has 118 valence electrons. The average Bonchev–Trinajstić information content (AvgIpc) is 3.33. The van der Waals surface area contributed by atoms with Crippen LogP contribution in [0.1, 0.15) is 35.9 Å². The van der Waals surface area contributed by atoms with E-state index in [9.17, 15) is 0 Å². The maximum atomic E-state index is 5.34. The van der Waals surface area contributed by atoms with Crippen LogP contribution in [0.15, 0.2) is 47.4 Å². The van der Waals surface area contributed by atoms with Crippen molar-refractivity contribution in [3.05, 3.63) is 59.9 Å². The summed E-state index contributed by atoms with van der Waals surface area (Å²) in [6.45, 7) is 0.991. The Morgan fingerprint density at radius 3 is 2.75 bits per heavy atom. The molecule has 1 atom stereocenters. The Labute approximate surface area is 139 Å². The van der Waals surface area contributed by atoms with Gasteiger partial charge in [-0.05, 0) is 43.7 Å². The van der Waals surface area contributed by atoms with Crippen LogP contribution in [0.4, 0.5) is 0 Å². The van der Waals surface area contributed by atoms with Gasteiger partial charge in [-0.1, -0.05) is 17.0 Å². The van der Waals surface area contributed by atoms with Crippen LogP contribution in [-0.2, 0) is 0 Å². The van der Waals surface area contributed by atoms with Crippen LogP contribution in [0, 0.1) is 11.8 Å². The van der Waals surface area contributed by atoms with Crippen LogP contribution in [0.5, 0.6) is 0 Å². The van der Waals surface area contributed by atoms with E-state index in [1.54, 1.807) is 18.6 Å². The molecule has 3 aromatic rings. The summed E-state index contributed by atoms with van der Waals surface area (Å²) < 4.78 is 5.34. The molecule has 0 aliphatic carbocycles. The topological polar surface area (TPSA) is 76.7 Å². The fourth-order valence-electron chi connectivity index (χ4n) is 2.56. The van der Waals surface area contributed by atoms with E-state index >= 15 is 0 Å². The van der Waals surface area contributed by atoms with Crippen molar-refractivity contribution >= 4 is 0 Å². The molecule has 4 heterocycles. The number of nitrogens with zero attached hydrogens (tertiary/aromatic N) is 4. The normalized spacial score (nSPS) is 16.6. The minimum Gasteiger partial charge on any atom is -0.337 e. The first-order valence-electron chi connectivity index (χ1n) is 7.84. The summed E-state index contributed by atoms with van der Waals surface area (Å²) in [6, 6.07) is 7.69. The molecular formula is C18H15N5O. The van der Waals surface area contributed by atoms with Gasteiger partial charge in [0.25, 0.3) is 0 Å². The fraction of sp³-hybridized carbons (Fsp3) is 0.222. The molecule has 1 fully saturated rings. The maximum absolute atomic E-state index is 5.34. The number of rotatable bonds is 2. The number of pyridine rings is 2. The van der Waals surface area contributed by atoms with Gasteiger partial charge in [-0.25, -0.2) is 0 Å². The largest absolute Gasteiger partial charge is 0.337 e. The van der Waals surface area contributed by atoms with Gasteiger partial charge in [0.1, 0.15) is 5.69 Å². The van der Waals surface area contributed by atoms with Crippen LogP contribution in [0.25, 0.3) is 11.5 Å². The van der Waals surface area contributed by atoms with E-state index in [0.717, 1.165) is 30.5 Å². The van der Waals surface area contributed by atoms with E-state index < -0.39 is 0 Å². The van der Waals surface area contributed by atoms with Crippen molar-refractivity contribution < 1.29 is 4.52 Å². The predicted molar refractivity (Wildman–Crippen MR) is 87.7 cm³/mol. The third-order valence-electron chi connectivity index (χ3n) is 3.81.